The highest BCUT2D eigenvalue weighted by Crippen LogP contribution is 2.23. The summed E-state index contributed by atoms with van der Waals surface area (Å²) in [5.74, 6) is 0.926. The largest absolute Gasteiger partial charge is 0.300 e. The van der Waals surface area contributed by atoms with Crippen molar-refractivity contribution >= 4 is 11.6 Å². The SMILES string of the molecule is CCc1cccc(-n2ccnc2-c2ccc(Cl)cc2)c1. The summed E-state index contributed by atoms with van der Waals surface area (Å²) in [6, 6.07) is 16.3. The maximum Gasteiger partial charge on any atom is 0.144 e. The Morgan fingerprint density at radius 3 is 2.65 bits per heavy atom. The van der Waals surface area contributed by atoms with Crippen LogP contribution >= 0.6 is 11.6 Å². The van der Waals surface area contributed by atoms with Gasteiger partial charge in [-0.05, 0) is 48.4 Å². The number of nitrogens with zero attached hydrogens (tertiary/aromatic N) is 2. The van der Waals surface area contributed by atoms with Crippen molar-refractivity contribution in [1.29, 1.82) is 0 Å². The average molecular weight is 283 g/mol. The number of hydrogen-bond donors (Lipinski definition) is 0. The lowest BCUT2D eigenvalue weighted by atomic mass is 10.1. The standard InChI is InChI=1S/C17H15ClN2/c1-2-13-4-3-5-16(12-13)20-11-10-19-17(20)14-6-8-15(18)9-7-14/h3-12H,2H2,1H3. The van der Waals surface area contributed by atoms with Crippen molar-refractivity contribution in [3.05, 3.63) is 71.5 Å². The lowest BCUT2D eigenvalue weighted by Crippen LogP contribution is -1.97. The first-order chi connectivity index (χ1) is 9.78. The van der Waals surface area contributed by atoms with E-state index in [-0.39, 0.29) is 0 Å². The predicted octanol–water partition coefficient (Wildman–Crippen LogP) is 4.76. The lowest BCUT2D eigenvalue weighted by Gasteiger charge is -2.09. The second kappa shape index (κ2) is 5.51. The fourth-order valence-electron chi connectivity index (χ4n) is 2.25. The van der Waals surface area contributed by atoms with E-state index in [0.717, 1.165) is 28.5 Å². The molecule has 2 aromatic carbocycles. The van der Waals surface area contributed by atoms with E-state index < -0.39 is 0 Å². The van der Waals surface area contributed by atoms with E-state index in [4.69, 9.17) is 11.6 Å². The minimum absolute atomic E-state index is 0.736. The Hall–Kier alpha value is -2.06. The minimum Gasteiger partial charge on any atom is -0.300 e. The van der Waals surface area contributed by atoms with Gasteiger partial charge >= 0.3 is 0 Å². The van der Waals surface area contributed by atoms with E-state index >= 15 is 0 Å². The highest BCUT2D eigenvalue weighted by atomic mass is 35.5. The molecule has 0 aliphatic rings. The van der Waals surface area contributed by atoms with Gasteiger partial charge < -0.3 is 0 Å². The van der Waals surface area contributed by atoms with Gasteiger partial charge in [-0.3, -0.25) is 4.57 Å². The van der Waals surface area contributed by atoms with Crippen molar-refractivity contribution in [1.82, 2.24) is 9.55 Å². The quantitative estimate of drug-likeness (QED) is 0.677. The molecule has 0 amide bonds. The van der Waals surface area contributed by atoms with Gasteiger partial charge in [0.25, 0.3) is 0 Å². The predicted molar refractivity (Wildman–Crippen MR) is 83.4 cm³/mol. The molecular weight excluding hydrogens is 268 g/mol. The van der Waals surface area contributed by atoms with Crippen LogP contribution in [0.15, 0.2) is 60.9 Å². The summed E-state index contributed by atoms with van der Waals surface area (Å²) in [4.78, 5) is 4.47. The Labute approximate surface area is 123 Å². The second-order valence-electron chi connectivity index (χ2n) is 4.65. The Morgan fingerprint density at radius 1 is 1.10 bits per heavy atom. The molecule has 0 fully saturated rings. The first-order valence-electron chi connectivity index (χ1n) is 6.66. The molecule has 0 bridgehead atoms. The van der Waals surface area contributed by atoms with Crippen molar-refractivity contribution in [2.24, 2.45) is 0 Å². The fraction of sp³-hybridized carbons (Fsp3) is 0.118. The first-order valence-corrected chi connectivity index (χ1v) is 7.04. The molecule has 0 atom stereocenters. The zero-order chi connectivity index (χ0) is 13.9. The molecule has 0 N–H and O–H groups in total. The van der Waals surface area contributed by atoms with Gasteiger partial charge in [-0.2, -0.15) is 0 Å². The number of aromatic nitrogens is 2. The number of aryl methyl sites for hydroxylation is 1. The molecule has 0 aliphatic heterocycles. The molecule has 0 radical (unpaired) electrons. The van der Waals surface area contributed by atoms with Crippen molar-refractivity contribution in [3.63, 3.8) is 0 Å². The topological polar surface area (TPSA) is 17.8 Å². The van der Waals surface area contributed by atoms with Gasteiger partial charge in [-0.1, -0.05) is 30.7 Å². The smallest absolute Gasteiger partial charge is 0.144 e. The fourth-order valence-corrected chi connectivity index (χ4v) is 2.38. The molecule has 3 aromatic rings. The summed E-state index contributed by atoms with van der Waals surface area (Å²) in [5.41, 5.74) is 3.51. The van der Waals surface area contributed by atoms with Crippen LogP contribution in [0.25, 0.3) is 17.1 Å². The Morgan fingerprint density at radius 2 is 1.90 bits per heavy atom. The van der Waals surface area contributed by atoms with E-state index in [9.17, 15) is 0 Å². The first kappa shape index (κ1) is 12.9. The summed E-state index contributed by atoms with van der Waals surface area (Å²) >= 11 is 5.94. The number of rotatable bonds is 3. The lowest BCUT2D eigenvalue weighted by molar-refractivity contribution is 1.05. The summed E-state index contributed by atoms with van der Waals surface area (Å²) in [5, 5.41) is 0.736. The van der Waals surface area contributed by atoms with E-state index in [0.29, 0.717) is 0 Å². The van der Waals surface area contributed by atoms with E-state index in [1.807, 2.05) is 36.7 Å². The zero-order valence-electron chi connectivity index (χ0n) is 11.3. The maximum absolute atomic E-state index is 5.94. The molecule has 0 saturated heterocycles. The molecule has 3 rings (SSSR count). The van der Waals surface area contributed by atoms with Gasteiger partial charge in [0.05, 0.1) is 0 Å². The third kappa shape index (κ3) is 2.47. The highest BCUT2D eigenvalue weighted by molar-refractivity contribution is 6.30. The van der Waals surface area contributed by atoms with Gasteiger partial charge in [-0.15, -0.1) is 0 Å². The Balaban J connectivity index is 2.07. The van der Waals surface area contributed by atoms with Crippen molar-refractivity contribution < 1.29 is 0 Å². The van der Waals surface area contributed by atoms with Gasteiger partial charge in [0.1, 0.15) is 5.82 Å². The normalized spacial score (nSPS) is 10.7. The molecular formula is C17H15ClN2. The van der Waals surface area contributed by atoms with Crippen LogP contribution in [0.2, 0.25) is 5.02 Å². The molecule has 2 nitrogen and oxygen atoms in total. The molecule has 100 valence electrons. The van der Waals surface area contributed by atoms with Crippen LogP contribution in [0, 0.1) is 0 Å². The summed E-state index contributed by atoms with van der Waals surface area (Å²) in [6.07, 6.45) is 4.83. The van der Waals surface area contributed by atoms with Gasteiger partial charge in [-0.25, -0.2) is 4.98 Å². The van der Waals surface area contributed by atoms with Crippen LogP contribution in [0.1, 0.15) is 12.5 Å². The van der Waals surface area contributed by atoms with Crippen LogP contribution in [-0.2, 0) is 6.42 Å². The molecule has 1 aromatic heterocycles. The Kier molecular flexibility index (Phi) is 3.57. The van der Waals surface area contributed by atoms with Gasteiger partial charge in [0.15, 0.2) is 0 Å². The second-order valence-corrected chi connectivity index (χ2v) is 5.09. The summed E-state index contributed by atoms with van der Waals surface area (Å²) in [6.45, 7) is 2.16. The minimum atomic E-state index is 0.736. The Bertz CT molecular complexity index is 714. The van der Waals surface area contributed by atoms with Gasteiger partial charge in [0, 0.05) is 28.7 Å². The number of benzene rings is 2. The van der Waals surface area contributed by atoms with E-state index in [1.165, 1.54) is 5.56 Å². The molecule has 0 aliphatic carbocycles. The molecule has 0 unspecified atom stereocenters. The molecule has 20 heavy (non-hydrogen) atoms. The number of hydrogen-bond acceptors (Lipinski definition) is 1. The molecule has 1 heterocycles. The van der Waals surface area contributed by atoms with Crippen molar-refractivity contribution in [3.8, 4) is 17.1 Å². The maximum atomic E-state index is 5.94. The number of halogens is 1. The van der Waals surface area contributed by atoms with Crippen LogP contribution < -0.4 is 0 Å². The molecule has 3 heteroatoms. The number of imidazole rings is 1. The zero-order valence-corrected chi connectivity index (χ0v) is 12.0. The van der Waals surface area contributed by atoms with E-state index in [2.05, 4.69) is 40.7 Å². The van der Waals surface area contributed by atoms with Gasteiger partial charge in [0.2, 0.25) is 0 Å². The van der Waals surface area contributed by atoms with Crippen molar-refractivity contribution in [2.75, 3.05) is 0 Å². The third-order valence-corrected chi connectivity index (χ3v) is 3.59. The monoisotopic (exact) mass is 282 g/mol. The van der Waals surface area contributed by atoms with Crippen LogP contribution in [0.5, 0.6) is 0 Å². The third-order valence-electron chi connectivity index (χ3n) is 3.34. The summed E-state index contributed by atoms with van der Waals surface area (Å²) < 4.78 is 2.10. The van der Waals surface area contributed by atoms with Crippen LogP contribution in [-0.4, -0.2) is 9.55 Å². The molecule has 0 saturated carbocycles. The summed E-state index contributed by atoms with van der Waals surface area (Å²) in [7, 11) is 0. The average Bonchev–Trinajstić information content (AvgIpc) is 2.97. The van der Waals surface area contributed by atoms with E-state index in [1.54, 1.807) is 0 Å². The van der Waals surface area contributed by atoms with Crippen LogP contribution in [0.4, 0.5) is 0 Å². The molecule has 0 spiro atoms. The van der Waals surface area contributed by atoms with Crippen LogP contribution in [0.3, 0.4) is 0 Å². The highest BCUT2D eigenvalue weighted by Gasteiger charge is 2.07. The van der Waals surface area contributed by atoms with Crippen molar-refractivity contribution in [2.45, 2.75) is 13.3 Å².